The molecule has 13 heavy (non-hydrogen) atoms. The Bertz CT molecular complexity index is 163. The summed E-state index contributed by atoms with van der Waals surface area (Å²) in [6.45, 7) is 4.32. The van der Waals surface area contributed by atoms with Crippen LogP contribution in [0.3, 0.4) is 0 Å². The highest BCUT2D eigenvalue weighted by Crippen LogP contribution is 2.40. The van der Waals surface area contributed by atoms with Crippen molar-refractivity contribution in [3.63, 3.8) is 0 Å². The zero-order chi connectivity index (χ0) is 10.2. The zero-order valence-corrected chi connectivity index (χ0v) is 9.60. The lowest BCUT2D eigenvalue weighted by atomic mass is 10.2. The highest BCUT2D eigenvalue weighted by atomic mass is 31.2. The Morgan fingerprint density at radius 2 is 2.00 bits per heavy atom. The van der Waals surface area contributed by atoms with Crippen LogP contribution < -0.4 is 5.48 Å². The maximum atomic E-state index is 11.2. The lowest BCUT2D eigenvalue weighted by Crippen LogP contribution is -2.14. The van der Waals surface area contributed by atoms with Gasteiger partial charge in [-0.1, -0.05) is 26.2 Å². The number of hydrogen-bond acceptors (Lipinski definition) is 4. The van der Waals surface area contributed by atoms with Gasteiger partial charge in [-0.3, -0.25) is 4.57 Å². The first-order chi connectivity index (χ1) is 6.12. The maximum absolute atomic E-state index is 11.2. The van der Waals surface area contributed by atoms with Gasteiger partial charge in [-0.15, -0.1) is 0 Å². The molecule has 0 aromatic rings. The molecular weight excluding hydrogens is 189 g/mol. The Morgan fingerprint density at radius 1 is 1.31 bits per heavy atom. The summed E-state index contributed by atoms with van der Waals surface area (Å²) >= 11 is 0. The fraction of sp³-hybridized carbons (Fsp3) is 1.00. The van der Waals surface area contributed by atoms with Gasteiger partial charge in [0.1, 0.15) is 0 Å². The summed E-state index contributed by atoms with van der Waals surface area (Å²) in [6.07, 6.45) is 4.66. The monoisotopic (exact) mass is 209 g/mol. The Hall–Kier alpha value is 0.110. The van der Waals surface area contributed by atoms with Gasteiger partial charge in [0.25, 0.3) is 0 Å². The quantitative estimate of drug-likeness (QED) is 0.379. The highest BCUT2D eigenvalue weighted by molar-refractivity contribution is 7.52. The molecule has 5 heteroatoms. The lowest BCUT2D eigenvalue weighted by Gasteiger charge is -2.10. The summed E-state index contributed by atoms with van der Waals surface area (Å²) in [6, 6.07) is 0. The number of hydroxylamine groups is 1. The van der Waals surface area contributed by atoms with Crippen molar-refractivity contribution in [1.29, 1.82) is 0 Å². The second kappa shape index (κ2) is 7.51. The normalized spacial score (nSPS) is 15.6. The fourth-order valence-corrected chi connectivity index (χ4v) is 1.22. The van der Waals surface area contributed by atoms with Crippen LogP contribution >= 0.6 is 7.60 Å². The Morgan fingerprint density at radius 3 is 2.54 bits per heavy atom. The van der Waals surface area contributed by atoms with Gasteiger partial charge in [-0.05, 0) is 6.42 Å². The average Bonchev–Trinajstić information content (AvgIpc) is 2.11. The van der Waals surface area contributed by atoms with Crippen molar-refractivity contribution in [2.24, 2.45) is 0 Å². The summed E-state index contributed by atoms with van der Waals surface area (Å²) in [5, 5.41) is 0. The van der Waals surface area contributed by atoms with Crippen molar-refractivity contribution in [3.05, 3.63) is 0 Å². The Balaban J connectivity index is 3.21. The molecule has 0 aromatic heterocycles. The van der Waals surface area contributed by atoms with E-state index in [-0.39, 0.29) is 0 Å². The molecule has 80 valence electrons. The van der Waals surface area contributed by atoms with Gasteiger partial charge in [0.15, 0.2) is 0 Å². The van der Waals surface area contributed by atoms with Crippen LogP contribution in [0, 0.1) is 0 Å². The van der Waals surface area contributed by atoms with Gasteiger partial charge >= 0.3 is 7.60 Å². The predicted molar refractivity (Wildman–Crippen MR) is 53.8 cm³/mol. The van der Waals surface area contributed by atoms with Crippen LogP contribution in [0.25, 0.3) is 0 Å². The Kier molecular flexibility index (Phi) is 7.57. The van der Waals surface area contributed by atoms with E-state index in [2.05, 4.69) is 16.9 Å². The van der Waals surface area contributed by atoms with Crippen molar-refractivity contribution < 1.29 is 13.7 Å². The van der Waals surface area contributed by atoms with E-state index in [9.17, 15) is 4.57 Å². The van der Waals surface area contributed by atoms with Crippen LogP contribution in [-0.4, -0.2) is 20.3 Å². The van der Waals surface area contributed by atoms with Crippen LogP contribution in [0.15, 0.2) is 0 Å². The van der Waals surface area contributed by atoms with Crippen molar-refractivity contribution in [2.75, 3.05) is 20.3 Å². The largest absolute Gasteiger partial charge is 0.343 e. The molecule has 0 saturated carbocycles. The minimum atomic E-state index is -2.84. The van der Waals surface area contributed by atoms with E-state index in [4.69, 9.17) is 4.62 Å². The van der Waals surface area contributed by atoms with Gasteiger partial charge in [0.2, 0.25) is 0 Å². The van der Waals surface area contributed by atoms with Crippen LogP contribution in [0.5, 0.6) is 0 Å². The first-order valence-corrected chi connectivity index (χ1v) is 6.66. The Labute approximate surface area is 80.5 Å². The lowest BCUT2D eigenvalue weighted by molar-refractivity contribution is 0.155. The van der Waals surface area contributed by atoms with Crippen molar-refractivity contribution in [2.45, 2.75) is 32.6 Å². The molecule has 4 nitrogen and oxygen atoms in total. The number of nitrogens with one attached hydrogen (secondary N) is 1. The second-order valence-corrected chi connectivity index (χ2v) is 5.09. The molecule has 1 N–H and O–H groups in total. The smallest absolute Gasteiger partial charge is 0.311 e. The van der Waals surface area contributed by atoms with Crippen LogP contribution in [0.2, 0.25) is 0 Å². The van der Waals surface area contributed by atoms with E-state index < -0.39 is 7.60 Å². The molecule has 0 fully saturated rings. The second-order valence-electron chi connectivity index (χ2n) is 3.00. The zero-order valence-electron chi connectivity index (χ0n) is 8.71. The topological polar surface area (TPSA) is 47.6 Å². The van der Waals surface area contributed by atoms with Gasteiger partial charge in [-0.2, -0.15) is 5.48 Å². The fourth-order valence-electron chi connectivity index (χ4n) is 0.824. The van der Waals surface area contributed by atoms with Gasteiger partial charge in [0.05, 0.1) is 0 Å². The molecule has 0 saturated heterocycles. The SMILES string of the molecule is CCCCCCNOP(C)(=O)OC. The maximum Gasteiger partial charge on any atom is 0.343 e. The van der Waals surface area contributed by atoms with E-state index in [1.807, 2.05) is 0 Å². The van der Waals surface area contributed by atoms with Gasteiger partial charge in [-0.25, -0.2) is 4.62 Å². The summed E-state index contributed by atoms with van der Waals surface area (Å²) in [7, 11) is -1.47. The molecule has 1 unspecified atom stereocenters. The molecule has 1 atom stereocenters. The summed E-state index contributed by atoms with van der Waals surface area (Å²) in [5.74, 6) is 0. The summed E-state index contributed by atoms with van der Waals surface area (Å²) in [5.41, 5.74) is 2.65. The third kappa shape index (κ3) is 8.44. The van der Waals surface area contributed by atoms with Crippen molar-refractivity contribution in [1.82, 2.24) is 5.48 Å². The number of hydrogen-bond donors (Lipinski definition) is 1. The third-order valence-corrected chi connectivity index (χ3v) is 2.82. The minimum absolute atomic E-state index is 0.723. The van der Waals surface area contributed by atoms with E-state index in [0.29, 0.717) is 0 Å². The molecule has 0 heterocycles. The molecular formula is C8H20NO3P. The number of rotatable bonds is 8. The van der Waals surface area contributed by atoms with Crippen LogP contribution in [0.1, 0.15) is 32.6 Å². The minimum Gasteiger partial charge on any atom is -0.311 e. The van der Waals surface area contributed by atoms with Crippen LogP contribution in [-0.2, 0) is 13.7 Å². The molecule has 0 amide bonds. The highest BCUT2D eigenvalue weighted by Gasteiger charge is 2.13. The summed E-state index contributed by atoms with van der Waals surface area (Å²) < 4.78 is 20.6. The third-order valence-electron chi connectivity index (χ3n) is 1.69. The standard InChI is InChI=1S/C8H20NO3P/c1-4-5-6-7-8-9-12-13(3,10)11-2/h9H,4-8H2,1-3H3. The molecule has 0 radical (unpaired) electrons. The molecule has 0 rings (SSSR count). The molecule has 0 spiro atoms. The van der Waals surface area contributed by atoms with Gasteiger partial charge < -0.3 is 4.52 Å². The van der Waals surface area contributed by atoms with E-state index in [0.717, 1.165) is 13.0 Å². The van der Waals surface area contributed by atoms with Gasteiger partial charge in [0, 0.05) is 20.3 Å². The predicted octanol–water partition coefficient (Wildman–Crippen LogP) is 2.56. The molecule has 0 aliphatic carbocycles. The molecule has 0 aromatic carbocycles. The molecule has 0 bridgehead atoms. The number of unbranched alkanes of at least 4 members (excludes halogenated alkanes) is 3. The van der Waals surface area contributed by atoms with E-state index in [1.165, 1.54) is 33.0 Å². The first kappa shape index (κ1) is 13.1. The summed E-state index contributed by atoms with van der Waals surface area (Å²) in [4.78, 5) is 0. The van der Waals surface area contributed by atoms with Crippen molar-refractivity contribution >= 4 is 7.60 Å². The van der Waals surface area contributed by atoms with Crippen LogP contribution in [0.4, 0.5) is 0 Å². The first-order valence-electron chi connectivity index (χ1n) is 4.67. The molecule has 0 aliphatic rings. The van der Waals surface area contributed by atoms with E-state index >= 15 is 0 Å². The average molecular weight is 209 g/mol. The van der Waals surface area contributed by atoms with E-state index in [1.54, 1.807) is 0 Å². The van der Waals surface area contributed by atoms with Crippen molar-refractivity contribution in [3.8, 4) is 0 Å². The molecule has 0 aliphatic heterocycles.